The zero-order valence-electron chi connectivity index (χ0n) is 18.1. The molecule has 0 aliphatic rings. The van der Waals surface area contributed by atoms with Gasteiger partial charge in [0.05, 0.1) is 16.7 Å². The number of benzene rings is 1. The van der Waals surface area contributed by atoms with Gasteiger partial charge in [0, 0.05) is 46.0 Å². The van der Waals surface area contributed by atoms with Crippen LogP contribution in [0, 0.1) is 0 Å². The third-order valence-corrected chi connectivity index (χ3v) is 6.40. The molecule has 6 aromatic rings. The second-order valence-electron chi connectivity index (χ2n) is 8.21. The number of fused-ring (bicyclic) bond motifs is 2. The first-order valence-electron chi connectivity index (χ1n) is 10.7. The van der Waals surface area contributed by atoms with Crippen LogP contribution in [0.3, 0.4) is 0 Å². The Labute approximate surface area is 194 Å². The van der Waals surface area contributed by atoms with E-state index >= 15 is 0 Å². The molecule has 0 atom stereocenters. The Morgan fingerprint density at radius 2 is 1.97 bits per heavy atom. The normalized spacial score (nSPS) is 11.6. The highest BCUT2D eigenvalue weighted by atomic mass is 32.1. The highest BCUT2D eigenvalue weighted by molar-refractivity contribution is 7.13. The van der Waals surface area contributed by atoms with Crippen molar-refractivity contribution in [3.8, 4) is 33.1 Å². The molecule has 8 heteroatoms. The lowest BCUT2D eigenvalue weighted by Gasteiger charge is -2.11. The predicted octanol–water partition coefficient (Wildman–Crippen LogP) is 6.11. The summed E-state index contributed by atoms with van der Waals surface area (Å²) in [5.74, 6) is 0.693. The van der Waals surface area contributed by atoms with Crippen molar-refractivity contribution in [2.45, 2.75) is 19.9 Å². The van der Waals surface area contributed by atoms with Gasteiger partial charge in [-0.2, -0.15) is 5.10 Å². The molecule has 0 radical (unpaired) electrons. The number of anilines is 1. The largest absolute Gasteiger partial charge is 0.382 e. The lowest BCUT2D eigenvalue weighted by atomic mass is 10.0. The van der Waals surface area contributed by atoms with Gasteiger partial charge in [-0.05, 0) is 55.1 Å². The molecule has 6 rings (SSSR count). The van der Waals surface area contributed by atoms with Gasteiger partial charge in [0.25, 0.3) is 0 Å². The minimum absolute atomic E-state index is 0.339. The summed E-state index contributed by atoms with van der Waals surface area (Å²) in [6, 6.07) is 14.9. The van der Waals surface area contributed by atoms with E-state index < -0.39 is 0 Å². The highest BCUT2D eigenvalue weighted by Crippen LogP contribution is 2.34. The van der Waals surface area contributed by atoms with E-state index in [1.165, 1.54) is 4.88 Å². The maximum Gasteiger partial charge on any atom is 0.178 e. The quantitative estimate of drug-likeness (QED) is 0.294. The molecule has 5 heterocycles. The van der Waals surface area contributed by atoms with Crippen LogP contribution in [0.25, 0.3) is 55.2 Å². The summed E-state index contributed by atoms with van der Waals surface area (Å²) in [7, 11) is 0. The molecule has 0 spiro atoms. The topological polar surface area (TPSA) is 95.2 Å². The minimum Gasteiger partial charge on any atom is -0.382 e. The Hall–Kier alpha value is -4.04. The van der Waals surface area contributed by atoms with E-state index in [1.807, 2.05) is 30.6 Å². The van der Waals surface area contributed by atoms with Crippen LogP contribution in [0.5, 0.6) is 0 Å². The molecule has 0 bridgehead atoms. The summed E-state index contributed by atoms with van der Waals surface area (Å²) in [5, 5.41) is 14.2. The van der Waals surface area contributed by atoms with Gasteiger partial charge in [-0.3, -0.25) is 10.1 Å². The average Bonchev–Trinajstić information content (AvgIpc) is 3.57. The highest BCUT2D eigenvalue weighted by Gasteiger charge is 2.16. The number of hydrogen-bond acceptors (Lipinski definition) is 6. The van der Waals surface area contributed by atoms with Crippen molar-refractivity contribution in [1.82, 2.24) is 30.1 Å². The zero-order chi connectivity index (χ0) is 22.4. The molecule has 0 amide bonds. The molecule has 0 saturated carbocycles. The van der Waals surface area contributed by atoms with E-state index in [1.54, 1.807) is 17.5 Å². The number of hydrogen-bond donors (Lipinski definition) is 3. The first-order chi connectivity index (χ1) is 16.2. The number of aromatic nitrogens is 6. The Morgan fingerprint density at radius 1 is 1.03 bits per heavy atom. The summed E-state index contributed by atoms with van der Waals surface area (Å²) < 4.78 is 0. The third-order valence-electron chi connectivity index (χ3n) is 5.49. The number of imidazole rings is 1. The SMILES string of the molecule is CC(C)Nc1cncc(-c2ccc3[nH]nc(-c4nc5nccc(-c6cccs6)c5[nH]4)c3c2)c1. The van der Waals surface area contributed by atoms with Gasteiger partial charge in [-0.1, -0.05) is 12.1 Å². The number of nitrogens with one attached hydrogen (secondary N) is 3. The van der Waals surface area contributed by atoms with Crippen LogP contribution in [-0.2, 0) is 0 Å². The molecule has 1 aromatic carbocycles. The van der Waals surface area contributed by atoms with Crippen LogP contribution in [0.1, 0.15) is 13.8 Å². The standard InChI is InChI=1S/C25H21N7S/c1-14(2)28-17-10-16(12-26-13-17)15-5-6-20-19(11-15)23(32-31-20)25-29-22-18(21-4-3-9-33-21)7-8-27-24(22)30-25/h3-14,28H,1-2H3,(H,31,32)(H,27,29,30). The summed E-state index contributed by atoms with van der Waals surface area (Å²) in [5.41, 5.74) is 7.52. The number of pyridine rings is 2. The molecule has 7 nitrogen and oxygen atoms in total. The van der Waals surface area contributed by atoms with Crippen molar-refractivity contribution in [3.05, 3.63) is 66.4 Å². The van der Waals surface area contributed by atoms with Crippen molar-refractivity contribution in [2.24, 2.45) is 0 Å². The van der Waals surface area contributed by atoms with E-state index in [0.29, 0.717) is 17.5 Å². The Morgan fingerprint density at radius 3 is 2.82 bits per heavy atom. The molecule has 0 saturated heterocycles. The number of nitrogens with zero attached hydrogens (tertiary/aromatic N) is 4. The first kappa shape index (κ1) is 19.6. The first-order valence-corrected chi connectivity index (χ1v) is 11.6. The van der Waals surface area contributed by atoms with E-state index in [2.05, 4.69) is 74.0 Å². The molecule has 0 aliphatic carbocycles. The predicted molar refractivity (Wildman–Crippen MR) is 134 cm³/mol. The Kier molecular flexibility index (Phi) is 4.66. The number of H-pyrrole nitrogens is 2. The second kappa shape index (κ2) is 7.83. The molecule has 5 aromatic heterocycles. The van der Waals surface area contributed by atoms with Gasteiger partial charge in [-0.25, -0.2) is 9.97 Å². The summed E-state index contributed by atoms with van der Waals surface area (Å²) in [4.78, 5) is 18.3. The van der Waals surface area contributed by atoms with E-state index in [9.17, 15) is 0 Å². The molecule has 162 valence electrons. The lowest BCUT2D eigenvalue weighted by Crippen LogP contribution is -2.09. The van der Waals surface area contributed by atoms with Crippen LogP contribution in [0.2, 0.25) is 0 Å². The van der Waals surface area contributed by atoms with Crippen molar-refractivity contribution >= 4 is 39.1 Å². The molecule has 33 heavy (non-hydrogen) atoms. The fourth-order valence-electron chi connectivity index (χ4n) is 4.04. The van der Waals surface area contributed by atoms with E-state index in [0.717, 1.165) is 44.5 Å². The average molecular weight is 452 g/mol. The van der Waals surface area contributed by atoms with Crippen molar-refractivity contribution in [2.75, 3.05) is 5.32 Å². The summed E-state index contributed by atoms with van der Waals surface area (Å²) in [6.07, 6.45) is 5.52. The van der Waals surface area contributed by atoms with E-state index in [-0.39, 0.29) is 0 Å². The number of thiophene rings is 1. The summed E-state index contributed by atoms with van der Waals surface area (Å²) >= 11 is 1.70. The molecule has 0 fully saturated rings. The fourth-order valence-corrected chi connectivity index (χ4v) is 4.80. The van der Waals surface area contributed by atoms with Crippen LogP contribution in [0.15, 0.2) is 66.4 Å². The molecule has 3 N–H and O–H groups in total. The van der Waals surface area contributed by atoms with Crippen molar-refractivity contribution in [3.63, 3.8) is 0 Å². The lowest BCUT2D eigenvalue weighted by molar-refractivity contribution is 0.898. The maximum atomic E-state index is 4.76. The smallest absolute Gasteiger partial charge is 0.178 e. The molecule has 0 unspecified atom stereocenters. The zero-order valence-corrected chi connectivity index (χ0v) is 18.9. The van der Waals surface area contributed by atoms with Crippen molar-refractivity contribution < 1.29 is 0 Å². The molecular formula is C25H21N7S. The van der Waals surface area contributed by atoms with Gasteiger partial charge in [-0.15, -0.1) is 11.3 Å². The van der Waals surface area contributed by atoms with E-state index in [4.69, 9.17) is 4.98 Å². The Balaban J connectivity index is 1.45. The molecule has 0 aliphatic heterocycles. The second-order valence-corrected chi connectivity index (χ2v) is 9.16. The van der Waals surface area contributed by atoms with Gasteiger partial charge in [0.15, 0.2) is 11.5 Å². The Bertz CT molecular complexity index is 1580. The summed E-state index contributed by atoms with van der Waals surface area (Å²) in [6.45, 7) is 4.23. The van der Waals surface area contributed by atoms with Gasteiger partial charge in [0.2, 0.25) is 0 Å². The van der Waals surface area contributed by atoms with Gasteiger partial charge >= 0.3 is 0 Å². The van der Waals surface area contributed by atoms with Gasteiger partial charge in [0.1, 0.15) is 5.69 Å². The van der Waals surface area contributed by atoms with Crippen LogP contribution >= 0.6 is 11.3 Å². The maximum absolute atomic E-state index is 4.76. The number of aromatic amines is 2. The molecular weight excluding hydrogens is 430 g/mol. The van der Waals surface area contributed by atoms with Crippen LogP contribution < -0.4 is 5.32 Å². The monoisotopic (exact) mass is 451 g/mol. The van der Waals surface area contributed by atoms with Crippen LogP contribution in [0.4, 0.5) is 5.69 Å². The van der Waals surface area contributed by atoms with Crippen LogP contribution in [-0.4, -0.2) is 36.2 Å². The van der Waals surface area contributed by atoms with Crippen molar-refractivity contribution in [1.29, 1.82) is 0 Å². The third kappa shape index (κ3) is 3.54. The minimum atomic E-state index is 0.339. The van der Waals surface area contributed by atoms with Gasteiger partial charge < -0.3 is 10.3 Å². The fraction of sp³-hybridized carbons (Fsp3) is 0.120. The number of rotatable bonds is 5.